The first-order valence-corrected chi connectivity index (χ1v) is 4.31. The zero-order chi connectivity index (χ0) is 8.67. The minimum Gasteiger partial charge on any atom is -0.486 e. The monoisotopic (exact) mass is 175 g/mol. The Balaban J connectivity index is 2.34. The van der Waals surface area contributed by atoms with Crippen LogP contribution in [0.5, 0.6) is 11.5 Å². The average molecular weight is 175 g/mol. The van der Waals surface area contributed by atoms with Gasteiger partial charge in [0.1, 0.15) is 13.2 Å². The fourth-order valence-electron chi connectivity index (χ4n) is 1.64. The maximum Gasteiger partial charge on any atom is 0.170 e. The van der Waals surface area contributed by atoms with E-state index < -0.39 is 0 Å². The molecule has 0 spiro atoms. The number of hydrogen-bond acceptors (Lipinski definition) is 2. The van der Waals surface area contributed by atoms with Crippen LogP contribution in [0.1, 0.15) is 0 Å². The first-order chi connectivity index (χ1) is 6.45. The zero-order valence-corrected chi connectivity index (χ0v) is 7.04. The predicted molar refractivity (Wildman–Crippen MR) is 49.3 cm³/mol. The quantitative estimate of drug-likeness (QED) is 0.664. The zero-order valence-electron chi connectivity index (χ0n) is 7.04. The number of nitrogens with one attached hydrogen (secondary N) is 1. The van der Waals surface area contributed by atoms with E-state index in [1.54, 1.807) is 0 Å². The molecule has 1 aromatic heterocycles. The molecular weight excluding hydrogens is 166 g/mol. The third-order valence-corrected chi connectivity index (χ3v) is 2.24. The van der Waals surface area contributed by atoms with Crippen LogP contribution in [-0.2, 0) is 0 Å². The van der Waals surface area contributed by atoms with E-state index in [2.05, 4.69) is 4.98 Å². The van der Waals surface area contributed by atoms with E-state index in [4.69, 9.17) is 9.47 Å². The maximum atomic E-state index is 5.55. The molecule has 0 saturated heterocycles. The molecule has 13 heavy (non-hydrogen) atoms. The first kappa shape index (κ1) is 6.83. The molecule has 0 atom stereocenters. The molecule has 0 amide bonds. The molecule has 0 fully saturated rings. The van der Waals surface area contributed by atoms with Gasteiger partial charge in [-0.3, -0.25) is 0 Å². The van der Waals surface area contributed by atoms with E-state index in [1.807, 2.05) is 24.4 Å². The molecule has 1 aromatic carbocycles. The topological polar surface area (TPSA) is 34.2 Å². The number of H-pyrrole nitrogens is 1. The van der Waals surface area contributed by atoms with Crippen LogP contribution >= 0.6 is 0 Å². The Kier molecular flexibility index (Phi) is 1.27. The van der Waals surface area contributed by atoms with Crippen LogP contribution in [0, 0.1) is 0 Å². The van der Waals surface area contributed by atoms with Crippen molar-refractivity contribution in [2.75, 3.05) is 13.2 Å². The summed E-state index contributed by atoms with van der Waals surface area (Å²) in [6, 6.07) is 5.94. The smallest absolute Gasteiger partial charge is 0.170 e. The van der Waals surface area contributed by atoms with Gasteiger partial charge in [0, 0.05) is 17.1 Å². The summed E-state index contributed by atoms with van der Waals surface area (Å²) >= 11 is 0. The highest BCUT2D eigenvalue weighted by Gasteiger charge is 2.14. The Morgan fingerprint density at radius 3 is 3.00 bits per heavy atom. The second-order valence-electron chi connectivity index (χ2n) is 3.03. The lowest BCUT2D eigenvalue weighted by Crippen LogP contribution is -2.15. The highest BCUT2D eigenvalue weighted by molar-refractivity contribution is 5.88. The Hall–Kier alpha value is -1.64. The normalized spacial score (nSPS) is 14.8. The molecule has 66 valence electrons. The van der Waals surface area contributed by atoms with Crippen molar-refractivity contribution in [2.24, 2.45) is 0 Å². The lowest BCUT2D eigenvalue weighted by molar-refractivity contribution is 0.174. The molecule has 1 N–H and O–H groups in total. The molecule has 1 aliphatic heterocycles. The lowest BCUT2D eigenvalue weighted by Gasteiger charge is -2.18. The van der Waals surface area contributed by atoms with Crippen LogP contribution in [-0.4, -0.2) is 18.2 Å². The summed E-state index contributed by atoms with van der Waals surface area (Å²) in [5.74, 6) is 1.71. The van der Waals surface area contributed by atoms with Crippen molar-refractivity contribution in [1.82, 2.24) is 4.98 Å². The van der Waals surface area contributed by atoms with Gasteiger partial charge in [0.15, 0.2) is 11.5 Å². The predicted octanol–water partition coefficient (Wildman–Crippen LogP) is 1.94. The standard InChI is InChI=1S/C10H9NO2/c1-2-9-10(13-6-5-12-9)7-3-4-11-8(1)7/h1-4,11H,5-6H2. The molecule has 3 nitrogen and oxygen atoms in total. The number of benzene rings is 1. The number of hydrogen-bond donors (Lipinski definition) is 1. The van der Waals surface area contributed by atoms with Crippen molar-refractivity contribution in [3.63, 3.8) is 0 Å². The molecule has 0 unspecified atom stereocenters. The maximum absolute atomic E-state index is 5.55. The van der Waals surface area contributed by atoms with E-state index in [9.17, 15) is 0 Å². The number of fused-ring (bicyclic) bond motifs is 3. The number of ether oxygens (including phenoxy) is 2. The summed E-state index contributed by atoms with van der Waals surface area (Å²) in [4.78, 5) is 3.13. The molecule has 3 heteroatoms. The van der Waals surface area contributed by atoms with E-state index in [0.29, 0.717) is 13.2 Å². The van der Waals surface area contributed by atoms with Gasteiger partial charge in [-0.05, 0) is 18.2 Å². The molecule has 3 rings (SSSR count). The third-order valence-electron chi connectivity index (χ3n) is 2.24. The molecule has 2 aromatic rings. The molecular formula is C10H9NO2. The van der Waals surface area contributed by atoms with Gasteiger partial charge in [-0.2, -0.15) is 0 Å². The van der Waals surface area contributed by atoms with Crippen molar-refractivity contribution >= 4 is 10.9 Å². The summed E-state index contributed by atoms with van der Waals surface area (Å²) in [5, 5.41) is 1.09. The third kappa shape index (κ3) is 0.900. The highest BCUT2D eigenvalue weighted by atomic mass is 16.6. The van der Waals surface area contributed by atoms with Crippen LogP contribution in [0.15, 0.2) is 24.4 Å². The lowest BCUT2D eigenvalue weighted by atomic mass is 10.2. The second-order valence-corrected chi connectivity index (χ2v) is 3.03. The van der Waals surface area contributed by atoms with Crippen LogP contribution < -0.4 is 9.47 Å². The van der Waals surface area contributed by atoms with Crippen molar-refractivity contribution in [3.05, 3.63) is 24.4 Å². The second kappa shape index (κ2) is 2.42. The van der Waals surface area contributed by atoms with Gasteiger partial charge in [0.2, 0.25) is 0 Å². The first-order valence-electron chi connectivity index (χ1n) is 4.31. The van der Waals surface area contributed by atoms with Gasteiger partial charge in [0.25, 0.3) is 0 Å². The summed E-state index contributed by atoms with van der Waals surface area (Å²) in [7, 11) is 0. The summed E-state index contributed by atoms with van der Waals surface area (Å²) < 4.78 is 11.0. The Morgan fingerprint density at radius 2 is 2.00 bits per heavy atom. The number of aromatic nitrogens is 1. The van der Waals surface area contributed by atoms with Gasteiger partial charge >= 0.3 is 0 Å². The molecule has 1 aliphatic rings. The van der Waals surface area contributed by atoms with Gasteiger partial charge < -0.3 is 14.5 Å². The summed E-state index contributed by atoms with van der Waals surface area (Å²) in [6.07, 6.45) is 1.91. The van der Waals surface area contributed by atoms with Crippen LogP contribution in [0.4, 0.5) is 0 Å². The largest absolute Gasteiger partial charge is 0.486 e. The number of rotatable bonds is 0. The van der Waals surface area contributed by atoms with Crippen LogP contribution in [0.2, 0.25) is 0 Å². The fraction of sp³-hybridized carbons (Fsp3) is 0.200. The minimum atomic E-state index is 0.636. The Labute approximate surface area is 75.3 Å². The van der Waals surface area contributed by atoms with Crippen LogP contribution in [0.25, 0.3) is 10.9 Å². The Morgan fingerprint density at radius 1 is 1.08 bits per heavy atom. The van der Waals surface area contributed by atoms with E-state index in [1.165, 1.54) is 0 Å². The number of aromatic amines is 1. The SMILES string of the molecule is c1cc2c3c(ccc2[nH]1)OCCO3. The fourth-order valence-corrected chi connectivity index (χ4v) is 1.64. The van der Waals surface area contributed by atoms with E-state index in [-0.39, 0.29) is 0 Å². The van der Waals surface area contributed by atoms with Crippen molar-refractivity contribution in [3.8, 4) is 11.5 Å². The van der Waals surface area contributed by atoms with Gasteiger partial charge in [0.05, 0.1) is 0 Å². The summed E-state index contributed by atoms with van der Waals surface area (Å²) in [5.41, 5.74) is 1.09. The molecule has 0 aliphatic carbocycles. The van der Waals surface area contributed by atoms with Gasteiger partial charge in [-0.15, -0.1) is 0 Å². The van der Waals surface area contributed by atoms with E-state index in [0.717, 1.165) is 22.4 Å². The van der Waals surface area contributed by atoms with Crippen molar-refractivity contribution in [1.29, 1.82) is 0 Å². The minimum absolute atomic E-state index is 0.636. The van der Waals surface area contributed by atoms with Crippen molar-refractivity contribution in [2.45, 2.75) is 0 Å². The highest BCUT2D eigenvalue weighted by Crippen LogP contribution is 2.36. The average Bonchev–Trinajstić information content (AvgIpc) is 2.65. The van der Waals surface area contributed by atoms with Gasteiger partial charge in [-0.1, -0.05) is 0 Å². The molecule has 2 heterocycles. The Bertz CT molecular complexity index is 447. The molecule has 0 bridgehead atoms. The van der Waals surface area contributed by atoms with Gasteiger partial charge in [-0.25, -0.2) is 0 Å². The van der Waals surface area contributed by atoms with Crippen LogP contribution in [0.3, 0.4) is 0 Å². The molecule has 0 radical (unpaired) electrons. The molecule has 0 saturated carbocycles. The van der Waals surface area contributed by atoms with Crippen molar-refractivity contribution < 1.29 is 9.47 Å². The summed E-state index contributed by atoms with van der Waals surface area (Å²) in [6.45, 7) is 1.28. The van der Waals surface area contributed by atoms with E-state index >= 15 is 0 Å².